The number of nitrogens with zero attached hydrogens (tertiary/aromatic N) is 2. The Morgan fingerprint density at radius 2 is 0.521 bits per heavy atom. The number of hydrogen-bond acceptors (Lipinski definition) is 1. The Bertz CT molecular complexity index is 7250. The van der Waals surface area contributed by atoms with Crippen LogP contribution < -0.4 is 4.57 Å². The first kappa shape index (κ1) is 26.5. The van der Waals surface area contributed by atoms with Crippen molar-refractivity contribution in [2.45, 2.75) is 16.9 Å². The van der Waals surface area contributed by atoms with E-state index in [2.05, 4.69) is 48.0 Å². The predicted octanol–water partition coefficient (Wildman–Crippen LogP) is 16.8. The second kappa shape index (κ2) is 5.97. The number of rotatable bonds is 1. The fourth-order valence-electron chi connectivity index (χ4n) is 26.3. The summed E-state index contributed by atoms with van der Waals surface area (Å²) >= 11 is 0. The zero-order valence-corrected chi connectivity index (χ0v) is 37.0. The summed E-state index contributed by atoms with van der Waals surface area (Å²) < 4.78 is 2.55. The lowest BCUT2D eigenvalue weighted by Crippen LogP contribution is -2.53. The van der Waals surface area contributed by atoms with Crippen molar-refractivity contribution >= 4 is 291 Å². The lowest BCUT2D eigenvalue weighted by Gasteiger charge is -2.51. The van der Waals surface area contributed by atoms with E-state index in [1.165, 1.54) is 5.69 Å². The molecule has 0 radical (unpaired) electrons. The quantitative estimate of drug-likeness (QED) is 0.118. The molecule has 2 heteroatoms. The first-order valence-corrected chi connectivity index (χ1v) is 26.7. The van der Waals surface area contributed by atoms with Crippen molar-refractivity contribution < 1.29 is 4.57 Å². The normalized spacial score (nSPS) is 23.8. The van der Waals surface area contributed by atoms with Crippen LogP contribution in [-0.2, 0) is 17.9 Å². The summed E-state index contributed by atoms with van der Waals surface area (Å²) in [4.78, 5) is 2.94. The maximum absolute atomic E-state index is 2.94. The van der Waals surface area contributed by atoms with Crippen molar-refractivity contribution in [1.82, 2.24) is 4.90 Å². The number of likely N-dealkylation sites (tertiary alicyclic amines) is 1. The Morgan fingerprint density at radius 1 is 0.310 bits per heavy atom. The molecule has 28 aromatic carbocycles. The van der Waals surface area contributed by atoms with Crippen LogP contribution in [0.4, 0.5) is 0 Å². The average Bonchev–Trinajstić information content (AvgIpc) is 4.37. The van der Waals surface area contributed by atoms with Gasteiger partial charge in [-0.05, 0) is 320 Å². The third-order valence-electron chi connectivity index (χ3n) is 26.3. The minimum Gasteiger partial charge on any atom is -0.292 e. The van der Waals surface area contributed by atoms with Gasteiger partial charge in [0, 0.05) is 18.7 Å². The zero-order chi connectivity index (χ0) is 42.3. The number of benzene rings is 18. The van der Waals surface area contributed by atoms with Gasteiger partial charge < -0.3 is 0 Å². The Balaban J connectivity index is 1.18. The van der Waals surface area contributed by atoms with Gasteiger partial charge >= 0.3 is 0 Å². The summed E-state index contributed by atoms with van der Waals surface area (Å²) in [5, 5.41) is 90.4. The second-order valence-corrected chi connectivity index (χ2v) is 26.5. The van der Waals surface area contributed by atoms with Crippen LogP contribution in [0, 0.1) is 0 Å². The Kier molecular flexibility index (Phi) is 2.23. The van der Waals surface area contributed by atoms with Crippen LogP contribution in [0.25, 0.3) is 291 Å². The summed E-state index contributed by atoms with van der Waals surface area (Å²) in [5.41, 5.74) is 8.01. The molecule has 1 unspecified atom stereocenters. The van der Waals surface area contributed by atoms with E-state index >= 15 is 0 Å². The summed E-state index contributed by atoms with van der Waals surface area (Å²) in [6.07, 6.45) is 2.37. The van der Waals surface area contributed by atoms with Crippen LogP contribution in [0.2, 0.25) is 0 Å². The van der Waals surface area contributed by atoms with Gasteiger partial charge in [0.25, 0.3) is 0 Å². The predicted molar refractivity (Wildman–Crippen MR) is 297 cm³/mol. The molecule has 29 aromatic rings. The fourth-order valence-corrected chi connectivity index (χ4v) is 26.3. The van der Waals surface area contributed by atoms with Crippen LogP contribution in [0.1, 0.15) is 34.0 Å². The summed E-state index contributed by atoms with van der Waals surface area (Å²) in [6, 6.07) is 7.36. The number of aromatic nitrogens is 1. The molecule has 2 heterocycles. The number of aryl methyl sites for hydroxylation is 1. The van der Waals surface area contributed by atoms with Crippen molar-refractivity contribution in [3.63, 3.8) is 0 Å². The smallest absolute Gasteiger partial charge is 0.199 e. The van der Waals surface area contributed by atoms with Gasteiger partial charge in [0.1, 0.15) is 13.1 Å². The van der Waals surface area contributed by atoms with E-state index < -0.39 is 0 Å². The molecule has 1 atom stereocenters. The van der Waals surface area contributed by atoms with E-state index in [0.717, 1.165) is 6.54 Å². The highest BCUT2D eigenvalue weighted by atomic mass is 15.2. The summed E-state index contributed by atoms with van der Waals surface area (Å²) in [5.74, 6) is 0. The van der Waals surface area contributed by atoms with Crippen molar-refractivity contribution in [1.29, 1.82) is 0 Å². The fraction of sp³-hybridized carbons (Fsp3) is 0.0870. The van der Waals surface area contributed by atoms with Crippen LogP contribution >= 0.6 is 0 Å². The van der Waals surface area contributed by atoms with E-state index in [9.17, 15) is 0 Å². The highest BCUT2D eigenvalue weighted by Crippen LogP contribution is 2.87. The third-order valence-corrected chi connectivity index (χ3v) is 26.3. The molecule has 1 saturated heterocycles. The van der Waals surface area contributed by atoms with Crippen LogP contribution in [0.15, 0.2) is 24.4 Å². The molecule has 0 N–H and O–H groups in total. The highest BCUT2D eigenvalue weighted by Gasteiger charge is 2.77. The van der Waals surface area contributed by atoms with Gasteiger partial charge in [-0.3, -0.25) is 4.90 Å². The summed E-state index contributed by atoms with van der Waals surface area (Å²) in [7, 11) is 4.95. The molecule has 0 saturated carbocycles. The van der Waals surface area contributed by atoms with E-state index in [-0.39, 0.29) is 16.9 Å². The standard InChI is InChI=1S/C69H13N2/c1-70-6-4-3-5-8(70)67-69-65-59-53-43-31-23-15-11-9-10-13-17(15)25(31)35-29-21(13)22-14(10)18-16-12(9)20-19(11)27-33(23)41-47-37(27)38-28(20)34-24(16)32-26(18)36-30(22)40-39(29)51(45(35)53)61(65)62-52(40)46(36)54-44(32)50-42(34)48(38)56-55(47)63(57(59)49(41)43)68(69,7-71(67)2)64(56)58(50)60(54)66(62)69/h3-6,67H,7H2,1-2H3/q+1. The molecule has 2 spiro atoms. The van der Waals surface area contributed by atoms with Crippen molar-refractivity contribution in [3.8, 4) is 0 Å². The van der Waals surface area contributed by atoms with Gasteiger partial charge in [0.15, 0.2) is 11.9 Å². The maximum Gasteiger partial charge on any atom is 0.199 e. The number of likely N-dealkylation sites (N-methyl/N-ethyl adjacent to an activating group) is 1. The van der Waals surface area contributed by atoms with Crippen LogP contribution in [0.3, 0.4) is 0 Å². The number of hydrogen-bond donors (Lipinski definition) is 0. The maximum atomic E-state index is 2.94. The van der Waals surface area contributed by atoms with E-state index in [1.54, 1.807) is 313 Å². The molecule has 0 amide bonds. The minimum absolute atomic E-state index is 0.157. The molecule has 2 nitrogen and oxygen atoms in total. The first-order valence-electron chi connectivity index (χ1n) is 26.7. The van der Waals surface area contributed by atoms with Crippen LogP contribution in [0.5, 0.6) is 0 Å². The molecule has 1 aromatic heterocycles. The third kappa shape index (κ3) is 1.40. The van der Waals surface area contributed by atoms with Gasteiger partial charge in [-0.15, -0.1) is 0 Å². The monoisotopic (exact) mass is 869 g/mol. The van der Waals surface area contributed by atoms with Crippen LogP contribution in [-0.4, -0.2) is 18.5 Å². The molecule has 0 bridgehead atoms. The van der Waals surface area contributed by atoms with Crippen molar-refractivity contribution in [2.75, 3.05) is 13.6 Å². The average molecular weight is 870 g/mol. The highest BCUT2D eigenvalue weighted by molar-refractivity contribution is 6.82. The SMILES string of the molecule is CN1CC23c4c5c6c7c8c9c(c%10c%11c2c2c4c4c%12c5c5c6c6c8c8c%13c9c9c%10c%10c%11c%11c2c2c4c4c%12c%12c5c5c6c8c6c8c%13c9c9c%10c%10c%11c2c2c4c4c%12c5c6c5c8c9c%10c2c45)C73C1c1cccc[n+]1C. The molecule has 1 aliphatic heterocycles. The van der Waals surface area contributed by atoms with Crippen molar-refractivity contribution in [3.05, 3.63) is 52.3 Å². The van der Waals surface area contributed by atoms with Crippen molar-refractivity contribution in [2.24, 2.45) is 7.05 Å². The van der Waals surface area contributed by atoms with E-state index in [4.69, 9.17) is 0 Å². The van der Waals surface area contributed by atoms with Gasteiger partial charge in [-0.25, -0.2) is 4.57 Å². The van der Waals surface area contributed by atoms with Gasteiger partial charge in [0.05, 0.1) is 10.8 Å². The molecular formula is C69H13N2+. The Labute approximate surface area is 388 Å². The topological polar surface area (TPSA) is 7.12 Å². The molecule has 4 aliphatic carbocycles. The Hall–Kier alpha value is -8.43. The molecule has 34 rings (SSSR count). The number of pyridine rings is 1. The summed E-state index contributed by atoms with van der Waals surface area (Å²) in [6.45, 7) is 1.04. The van der Waals surface area contributed by atoms with Gasteiger partial charge in [0.2, 0.25) is 0 Å². The minimum atomic E-state index is -0.313. The van der Waals surface area contributed by atoms with E-state index in [1.807, 2.05) is 0 Å². The largest absolute Gasteiger partial charge is 0.292 e. The zero-order valence-electron chi connectivity index (χ0n) is 37.0. The molecule has 1 fully saturated rings. The lowest BCUT2D eigenvalue weighted by atomic mass is 9.48. The molecular weight excluding hydrogens is 857 g/mol. The van der Waals surface area contributed by atoms with Gasteiger partial charge in [-0.2, -0.15) is 0 Å². The molecule has 5 aliphatic rings. The molecule has 298 valence electrons. The lowest BCUT2D eigenvalue weighted by molar-refractivity contribution is -0.682. The van der Waals surface area contributed by atoms with E-state index in [0.29, 0.717) is 0 Å². The Morgan fingerprint density at radius 3 is 0.746 bits per heavy atom. The second-order valence-electron chi connectivity index (χ2n) is 26.5. The molecule has 71 heavy (non-hydrogen) atoms. The van der Waals surface area contributed by atoms with Gasteiger partial charge in [-0.1, -0.05) is 6.07 Å². The first-order chi connectivity index (χ1) is 35.3.